The summed E-state index contributed by atoms with van der Waals surface area (Å²) in [5.74, 6) is -0.151. The minimum atomic E-state index is -0.286. The van der Waals surface area contributed by atoms with Crippen LogP contribution in [0.1, 0.15) is 6.92 Å². The number of aromatic hydroxyl groups is 1. The standard InChI is InChI=1S/C9H11N3O2/c1-4-9(14)12-7-3-8(13)5(10)2-6(7)11-4/h2-4,11,13H,10H2,1H3,(H,12,14). The Kier molecular flexibility index (Phi) is 1.73. The van der Waals surface area contributed by atoms with Crippen molar-refractivity contribution >= 4 is 23.0 Å². The number of nitrogens with two attached hydrogens (primary N) is 1. The molecular weight excluding hydrogens is 182 g/mol. The lowest BCUT2D eigenvalue weighted by Crippen LogP contribution is -2.36. The van der Waals surface area contributed by atoms with Crippen LogP contribution in [0, 0.1) is 0 Å². The molecule has 0 saturated carbocycles. The molecule has 0 spiro atoms. The fourth-order valence-corrected chi connectivity index (χ4v) is 1.37. The molecule has 0 aromatic heterocycles. The van der Waals surface area contributed by atoms with Crippen LogP contribution in [-0.2, 0) is 4.79 Å². The highest BCUT2D eigenvalue weighted by Crippen LogP contribution is 2.34. The van der Waals surface area contributed by atoms with Gasteiger partial charge in [-0.1, -0.05) is 0 Å². The molecule has 0 fully saturated rings. The number of nitrogens with one attached hydrogen (secondary N) is 2. The predicted molar refractivity (Wildman–Crippen MR) is 54.2 cm³/mol. The largest absolute Gasteiger partial charge is 0.506 e. The van der Waals surface area contributed by atoms with E-state index in [1.54, 1.807) is 13.0 Å². The molecule has 5 nitrogen and oxygen atoms in total. The number of phenols is 1. The predicted octanol–water partition coefficient (Wildman–Crippen LogP) is 0.727. The number of amides is 1. The molecule has 1 aliphatic rings. The molecular formula is C9H11N3O2. The lowest BCUT2D eigenvalue weighted by Gasteiger charge is -2.24. The second-order valence-corrected chi connectivity index (χ2v) is 3.31. The van der Waals surface area contributed by atoms with E-state index in [1.807, 2.05) is 0 Å². The van der Waals surface area contributed by atoms with Crippen molar-refractivity contribution in [1.82, 2.24) is 0 Å². The zero-order valence-electron chi connectivity index (χ0n) is 7.66. The van der Waals surface area contributed by atoms with Gasteiger partial charge in [0.25, 0.3) is 0 Å². The van der Waals surface area contributed by atoms with Crippen LogP contribution < -0.4 is 16.4 Å². The molecule has 0 radical (unpaired) electrons. The molecule has 0 bridgehead atoms. The Labute approximate surface area is 80.9 Å². The maximum Gasteiger partial charge on any atom is 0.246 e. The Morgan fingerprint density at radius 3 is 2.86 bits per heavy atom. The third-order valence-electron chi connectivity index (χ3n) is 2.19. The van der Waals surface area contributed by atoms with Gasteiger partial charge in [0.2, 0.25) is 5.91 Å². The van der Waals surface area contributed by atoms with Gasteiger partial charge in [0, 0.05) is 6.07 Å². The first-order chi connectivity index (χ1) is 6.58. The van der Waals surface area contributed by atoms with E-state index in [1.165, 1.54) is 6.07 Å². The summed E-state index contributed by atoms with van der Waals surface area (Å²) >= 11 is 0. The third kappa shape index (κ3) is 1.22. The Bertz CT molecular complexity index is 403. The summed E-state index contributed by atoms with van der Waals surface area (Å²) in [6.45, 7) is 1.75. The summed E-state index contributed by atoms with van der Waals surface area (Å²) in [4.78, 5) is 11.3. The first-order valence-electron chi connectivity index (χ1n) is 4.28. The van der Waals surface area contributed by atoms with Crippen molar-refractivity contribution in [2.24, 2.45) is 0 Å². The van der Waals surface area contributed by atoms with E-state index in [9.17, 15) is 9.90 Å². The minimum absolute atomic E-state index is 0.0274. The Morgan fingerprint density at radius 1 is 1.43 bits per heavy atom. The molecule has 1 atom stereocenters. The number of carbonyl (C=O) groups excluding carboxylic acids is 1. The maximum atomic E-state index is 11.3. The maximum absolute atomic E-state index is 11.3. The number of carbonyl (C=O) groups is 1. The summed E-state index contributed by atoms with van der Waals surface area (Å²) in [5, 5.41) is 15.0. The third-order valence-corrected chi connectivity index (χ3v) is 2.19. The van der Waals surface area contributed by atoms with E-state index in [-0.39, 0.29) is 17.7 Å². The number of nitrogen functional groups attached to an aromatic ring is 1. The van der Waals surface area contributed by atoms with Crippen molar-refractivity contribution < 1.29 is 9.90 Å². The van der Waals surface area contributed by atoms with Gasteiger partial charge in [0.15, 0.2) is 0 Å². The number of hydrogen-bond donors (Lipinski definition) is 4. The Balaban J connectivity index is 2.47. The number of fused-ring (bicyclic) bond motifs is 1. The summed E-state index contributed by atoms with van der Waals surface area (Å²) in [7, 11) is 0. The number of rotatable bonds is 0. The van der Waals surface area contributed by atoms with Gasteiger partial charge in [-0.05, 0) is 13.0 Å². The van der Waals surface area contributed by atoms with Gasteiger partial charge in [0.05, 0.1) is 17.1 Å². The highest BCUT2D eigenvalue weighted by atomic mass is 16.3. The molecule has 5 heteroatoms. The number of phenolic OH excluding ortho intramolecular Hbond substituents is 1. The van der Waals surface area contributed by atoms with Gasteiger partial charge >= 0.3 is 0 Å². The summed E-state index contributed by atoms with van der Waals surface area (Å²) in [6.07, 6.45) is 0. The van der Waals surface area contributed by atoms with E-state index >= 15 is 0 Å². The van der Waals surface area contributed by atoms with Crippen LogP contribution in [0.2, 0.25) is 0 Å². The lowest BCUT2D eigenvalue weighted by atomic mass is 10.1. The molecule has 1 aromatic carbocycles. The zero-order chi connectivity index (χ0) is 10.3. The van der Waals surface area contributed by atoms with Gasteiger partial charge in [-0.15, -0.1) is 0 Å². The van der Waals surface area contributed by atoms with E-state index < -0.39 is 0 Å². The minimum Gasteiger partial charge on any atom is -0.506 e. The van der Waals surface area contributed by atoms with Crippen LogP contribution in [0.25, 0.3) is 0 Å². The van der Waals surface area contributed by atoms with Crippen molar-refractivity contribution in [2.75, 3.05) is 16.4 Å². The van der Waals surface area contributed by atoms with Crippen molar-refractivity contribution in [3.63, 3.8) is 0 Å². The zero-order valence-corrected chi connectivity index (χ0v) is 7.66. The Hall–Kier alpha value is -1.91. The molecule has 14 heavy (non-hydrogen) atoms. The molecule has 5 N–H and O–H groups in total. The van der Waals surface area contributed by atoms with Crippen LogP contribution in [0.4, 0.5) is 17.1 Å². The van der Waals surface area contributed by atoms with E-state index in [4.69, 9.17) is 5.73 Å². The molecule has 1 aliphatic heterocycles. The van der Waals surface area contributed by atoms with E-state index in [2.05, 4.69) is 10.6 Å². The van der Waals surface area contributed by atoms with E-state index in [0.717, 1.165) is 5.69 Å². The Morgan fingerprint density at radius 2 is 2.14 bits per heavy atom. The smallest absolute Gasteiger partial charge is 0.246 e. The summed E-state index contributed by atoms with van der Waals surface area (Å²) in [6, 6.07) is 2.74. The van der Waals surface area contributed by atoms with Gasteiger partial charge in [-0.25, -0.2) is 0 Å². The molecule has 2 rings (SSSR count). The van der Waals surface area contributed by atoms with Crippen LogP contribution in [-0.4, -0.2) is 17.1 Å². The first-order valence-corrected chi connectivity index (χ1v) is 4.28. The van der Waals surface area contributed by atoms with Crippen molar-refractivity contribution in [2.45, 2.75) is 13.0 Å². The SMILES string of the molecule is CC1Nc2cc(N)c(O)cc2NC1=O. The lowest BCUT2D eigenvalue weighted by molar-refractivity contribution is -0.116. The second kappa shape index (κ2) is 2.80. The van der Waals surface area contributed by atoms with Gasteiger partial charge in [-0.2, -0.15) is 0 Å². The van der Waals surface area contributed by atoms with Crippen molar-refractivity contribution in [3.8, 4) is 5.75 Å². The first kappa shape index (κ1) is 8.68. The van der Waals surface area contributed by atoms with Crippen LogP contribution in [0.5, 0.6) is 5.75 Å². The molecule has 1 amide bonds. The number of benzene rings is 1. The molecule has 1 heterocycles. The molecule has 0 saturated heterocycles. The highest BCUT2D eigenvalue weighted by Gasteiger charge is 2.22. The van der Waals surface area contributed by atoms with Crippen LogP contribution in [0.3, 0.4) is 0 Å². The average molecular weight is 193 g/mol. The highest BCUT2D eigenvalue weighted by molar-refractivity contribution is 6.03. The number of hydrogen-bond acceptors (Lipinski definition) is 4. The molecule has 1 unspecified atom stereocenters. The monoisotopic (exact) mass is 193 g/mol. The fourth-order valence-electron chi connectivity index (χ4n) is 1.37. The fraction of sp³-hybridized carbons (Fsp3) is 0.222. The van der Waals surface area contributed by atoms with Crippen molar-refractivity contribution in [3.05, 3.63) is 12.1 Å². The number of anilines is 3. The van der Waals surface area contributed by atoms with Gasteiger partial charge in [-0.3, -0.25) is 4.79 Å². The topological polar surface area (TPSA) is 87.4 Å². The molecule has 74 valence electrons. The summed E-state index contributed by atoms with van der Waals surface area (Å²) in [5.41, 5.74) is 7.10. The van der Waals surface area contributed by atoms with Crippen molar-refractivity contribution in [1.29, 1.82) is 0 Å². The molecule has 0 aliphatic carbocycles. The normalized spacial score (nSPS) is 19.5. The summed E-state index contributed by atoms with van der Waals surface area (Å²) < 4.78 is 0. The molecule has 1 aromatic rings. The van der Waals surface area contributed by atoms with Crippen LogP contribution >= 0.6 is 0 Å². The average Bonchev–Trinajstić information content (AvgIpc) is 2.11. The van der Waals surface area contributed by atoms with Gasteiger partial charge in [0.1, 0.15) is 11.8 Å². The quantitative estimate of drug-likeness (QED) is 0.278. The van der Waals surface area contributed by atoms with Crippen LogP contribution in [0.15, 0.2) is 12.1 Å². The van der Waals surface area contributed by atoms with E-state index in [0.29, 0.717) is 11.4 Å². The second-order valence-electron chi connectivity index (χ2n) is 3.31. The van der Waals surface area contributed by atoms with Gasteiger partial charge < -0.3 is 21.5 Å².